The van der Waals surface area contributed by atoms with Crippen molar-refractivity contribution in [1.82, 2.24) is 20.1 Å². The Morgan fingerprint density at radius 3 is 2.61 bits per heavy atom. The number of aromatic nitrogens is 1. The molecule has 38 heavy (non-hydrogen) atoms. The molecule has 3 aromatic rings. The first kappa shape index (κ1) is 25.2. The first-order valence-electron chi connectivity index (χ1n) is 12.6. The minimum Gasteiger partial charge on any atom is -0.374 e. The van der Waals surface area contributed by atoms with Crippen molar-refractivity contribution in [2.75, 3.05) is 31.5 Å². The maximum Gasteiger partial charge on any atom is 0.270 e. The highest BCUT2D eigenvalue weighted by molar-refractivity contribution is 6.35. The summed E-state index contributed by atoms with van der Waals surface area (Å²) in [6.07, 6.45) is 1.67. The molecule has 3 atom stereocenters. The third kappa shape index (κ3) is 4.42. The van der Waals surface area contributed by atoms with Gasteiger partial charge in [-0.05, 0) is 66.6 Å². The van der Waals surface area contributed by atoms with Crippen LogP contribution in [-0.4, -0.2) is 64.9 Å². The standard InChI is InChI=1S/C27H26Cl2FN5O3/c1-13-25-14(4-16(28)7-20(25)29)2-3-35(13)24(36)10-31-22-5-15-6-23(33-26(37)19(15)9-21(22)30)27(38)34-11-17-8-18(12-34)32-17/h4-7,9,13,17-18,31-32H,2-3,8,10-12H2,1H3,(H,33,37). The number of carbonyl (C=O) groups is 2. The van der Waals surface area contributed by atoms with Crippen LogP contribution in [0.5, 0.6) is 0 Å². The Morgan fingerprint density at radius 1 is 1.13 bits per heavy atom. The van der Waals surface area contributed by atoms with Crippen molar-refractivity contribution in [2.24, 2.45) is 0 Å². The number of rotatable bonds is 4. The molecule has 0 aliphatic carbocycles. The smallest absolute Gasteiger partial charge is 0.270 e. The van der Waals surface area contributed by atoms with Crippen molar-refractivity contribution in [1.29, 1.82) is 0 Å². The maximum atomic E-state index is 14.9. The number of benzene rings is 2. The molecule has 2 amide bonds. The van der Waals surface area contributed by atoms with E-state index in [9.17, 15) is 18.8 Å². The monoisotopic (exact) mass is 557 g/mol. The van der Waals surface area contributed by atoms with E-state index in [2.05, 4.69) is 15.6 Å². The molecule has 7 rings (SSSR count). The molecule has 0 radical (unpaired) electrons. The lowest BCUT2D eigenvalue weighted by Crippen LogP contribution is -2.67. The largest absolute Gasteiger partial charge is 0.374 e. The Balaban J connectivity index is 1.20. The molecule has 3 unspecified atom stereocenters. The number of halogens is 3. The van der Waals surface area contributed by atoms with Gasteiger partial charge in [-0.1, -0.05) is 23.2 Å². The molecule has 3 N–H and O–H groups in total. The highest BCUT2D eigenvalue weighted by Gasteiger charge is 2.38. The molecule has 4 aliphatic rings. The summed E-state index contributed by atoms with van der Waals surface area (Å²) in [5.41, 5.74) is 1.58. The topological polar surface area (TPSA) is 97.5 Å². The number of nitrogens with zero attached hydrogens (tertiary/aromatic N) is 2. The number of carbonyl (C=O) groups excluding carboxylic acids is 2. The first-order valence-corrected chi connectivity index (χ1v) is 13.4. The van der Waals surface area contributed by atoms with E-state index in [0.29, 0.717) is 41.5 Å². The third-order valence-corrected chi connectivity index (χ3v) is 8.34. The number of anilines is 1. The van der Waals surface area contributed by atoms with Gasteiger partial charge in [-0.15, -0.1) is 0 Å². The molecular weight excluding hydrogens is 532 g/mol. The van der Waals surface area contributed by atoms with Crippen LogP contribution < -0.4 is 16.2 Å². The average Bonchev–Trinajstić information content (AvgIpc) is 2.86. The van der Waals surface area contributed by atoms with Gasteiger partial charge in [-0.25, -0.2) is 4.39 Å². The summed E-state index contributed by atoms with van der Waals surface area (Å²) in [6, 6.07) is 8.01. The van der Waals surface area contributed by atoms with Gasteiger partial charge in [0.25, 0.3) is 11.5 Å². The molecule has 8 nitrogen and oxygen atoms in total. The average molecular weight is 558 g/mol. The Hall–Kier alpha value is -3.14. The zero-order valence-electron chi connectivity index (χ0n) is 20.6. The predicted octanol–water partition coefficient (Wildman–Crippen LogP) is 3.72. The van der Waals surface area contributed by atoms with Crippen LogP contribution in [0.3, 0.4) is 0 Å². The number of amides is 2. The van der Waals surface area contributed by atoms with Gasteiger partial charge >= 0.3 is 0 Å². The molecule has 198 valence electrons. The zero-order valence-corrected chi connectivity index (χ0v) is 22.1. The van der Waals surface area contributed by atoms with Crippen LogP contribution in [0, 0.1) is 5.82 Å². The van der Waals surface area contributed by atoms with Gasteiger partial charge in [-0.2, -0.15) is 0 Å². The molecule has 3 fully saturated rings. The lowest BCUT2D eigenvalue weighted by molar-refractivity contribution is -0.131. The van der Waals surface area contributed by atoms with Crippen molar-refractivity contribution in [3.8, 4) is 0 Å². The summed E-state index contributed by atoms with van der Waals surface area (Å²) in [5.74, 6) is -1.13. The van der Waals surface area contributed by atoms with Crippen LogP contribution in [0.1, 0.15) is 41.0 Å². The maximum absolute atomic E-state index is 14.9. The molecule has 3 saturated heterocycles. The molecule has 2 bridgehead atoms. The fourth-order valence-electron chi connectivity index (χ4n) is 5.90. The second-order valence-corrected chi connectivity index (χ2v) is 11.1. The summed E-state index contributed by atoms with van der Waals surface area (Å²) < 4.78 is 14.9. The number of piperidine rings is 1. The number of nitrogens with one attached hydrogen (secondary N) is 3. The highest BCUT2D eigenvalue weighted by atomic mass is 35.5. The lowest BCUT2D eigenvalue weighted by Gasteiger charge is -2.48. The molecule has 2 aromatic carbocycles. The molecule has 0 saturated carbocycles. The SMILES string of the molecule is CC1c2c(Cl)cc(Cl)cc2CCN1C(=O)CNc1cc2cc(C(=O)N3CC4CC(C3)N4)[nH]c(=O)c2cc1F. The van der Waals surface area contributed by atoms with Gasteiger partial charge < -0.3 is 25.4 Å². The number of pyridine rings is 1. The first-order chi connectivity index (χ1) is 18.2. The molecule has 0 spiro atoms. The van der Waals surface area contributed by atoms with Gasteiger partial charge in [-0.3, -0.25) is 14.4 Å². The predicted molar refractivity (Wildman–Crippen MR) is 145 cm³/mol. The minimum absolute atomic E-state index is 0.0770. The van der Waals surface area contributed by atoms with Gasteiger partial charge in [0.15, 0.2) is 0 Å². The molecule has 11 heteroatoms. The lowest BCUT2D eigenvalue weighted by atomic mass is 9.91. The van der Waals surface area contributed by atoms with Crippen molar-refractivity contribution >= 4 is 51.5 Å². The summed E-state index contributed by atoms with van der Waals surface area (Å²) in [7, 11) is 0. The normalized spacial score (nSPS) is 22.2. The number of fused-ring (bicyclic) bond motifs is 4. The van der Waals surface area contributed by atoms with E-state index in [-0.39, 0.29) is 53.3 Å². The van der Waals surface area contributed by atoms with Crippen molar-refractivity contribution < 1.29 is 14.0 Å². The third-order valence-electron chi connectivity index (χ3n) is 7.81. The Kier molecular flexibility index (Phi) is 6.32. The van der Waals surface area contributed by atoms with Gasteiger partial charge in [0.05, 0.1) is 23.7 Å². The van der Waals surface area contributed by atoms with E-state index in [4.69, 9.17) is 23.2 Å². The quantitative estimate of drug-likeness (QED) is 0.454. The number of hydrogen-bond acceptors (Lipinski definition) is 5. The van der Waals surface area contributed by atoms with Crippen LogP contribution in [0.2, 0.25) is 10.0 Å². The number of hydrogen-bond donors (Lipinski definition) is 3. The molecule has 1 aromatic heterocycles. The molecular formula is C27H26Cl2FN5O3. The van der Waals surface area contributed by atoms with E-state index in [1.54, 1.807) is 21.9 Å². The van der Waals surface area contributed by atoms with Gasteiger partial charge in [0, 0.05) is 41.8 Å². The second kappa shape index (κ2) is 9.55. The summed E-state index contributed by atoms with van der Waals surface area (Å²) in [6.45, 7) is 3.42. The number of H-pyrrole nitrogens is 1. The van der Waals surface area contributed by atoms with Crippen molar-refractivity contribution in [3.05, 3.63) is 73.4 Å². The van der Waals surface area contributed by atoms with E-state index >= 15 is 0 Å². The number of aromatic amines is 1. The van der Waals surface area contributed by atoms with E-state index in [1.807, 2.05) is 13.0 Å². The van der Waals surface area contributed by atoms with Crippen LogP contribution in [0.4, 0.5) is 10.1 Å². The minimum atomic E-state index is -0.660. The Morgan fingerprint density at radius 2 is 1.87 bits per heavy atom. The van der Waals surface area contributed by atoms with Crippen molar-refractivity contribution in [3.63, 3.8) is 0 Å². The molecule has 5 heterocycles. The fourth-order valence-corrected chi connectivity index (χ4v) is 6.60. The van der Waals surface area contributed by atoms with E-state index in [0.717, 1.165) is 23.6 Å². The van der Waals surface area contributed by atoms with Crippen LogP contribution in [0.25, 0.3) is 10.8 Å². The second-order valence-electron chi connectivity index (χ2n) is 10.3. The summed E-state index contributed by atoms with van der Waals surface area (Å²) >= 11 is 12.6. The number of piperazine rings is 1. The Bertz CT molecular complexity index is 1530. The highest BCUT2D eigenvalue weighted by Crippen LogP contribution is 2.37. The Labute approximate surface area is 228 Å². The summed E-state index contributed by atoms with van der Waals surface area (Å²) in [5, 5.41) is 7.87. The van der Waals surface area contributed by atoms with Gasteiger partial charge in [0.2, 0.25) is 5.91 Å². The van der Waals surface area contributed by atoms with Gasteiger partial charge in [0.1, 0.15) is 11.5 Å². The van der Waals surface area contributed by atoms with Crippen LogP contribution in [0.15, 0.2) is 35.1 Å². The fraction of sp³-hybridized carbons (Fsp3) is 0.370. The summed E-state index contributed by atoms with van der Waals surface area (Å²) in [4.78, 5) is 44.9. The zero-order chi connectivity index (χ0) is 26.7. The van der Waals surface area contributed by atoms with Crippen LogP contribution in [-0.2, 0) is 11.2 Å². The van der Waals surface area contributed by atoms with Crippen molar-refractivity contribution in [2.45, 2.75) is 37.9 Å². The molecule has 4 aliphatic heterocycles. The van der Waals surface area contributed by atoms with E-state index in [1.165, 1.54) is 6.07 Å². The van der Waals surface area contributed by atoms with E-state index < -0.39 is 11.4 Å². The van der Waals surface area contributed by atoms with Crippen LogP contribution >= 0.6 is 23.2 Å².